The van der Waals surface area contributed by atoms with E-state index in [-0.39, 0.29) is 23.0 Å². The Morgan fingerprint density at radius 2 is 2.03 bits per heavy atom. The highest BCUT2D eigenvalue weighted by molar-refractivity contribution is 7.71. The molecule has 160 valence electrons. The lowest BCUT2D eigenvalue weighted by atomic mass is 10.1. The fraction of sp³-hybridized carbons (Fsp3) is 0.286. The Balaban J connectivity index is 1.55. The topological polar surface area (TPSA) is 107 Å². The molecule has 0 saturated carbocycles. The molecular weight excluding hydrogens is 418 g/mol. The number of rotatable bonds is 7. The predicted octanol–water partition coefficient (Wildman–Crippen LogP) is 2.77. The molecule has 0 saturated heterocycles. The summed E-state index contributed by atoms with van der Waals surface area (Å²) in [5, 5.41) is 6.38. The number of aromatic nitrogens is 3. The minimum Gasteiger partial charge on any atom is -0.493 e. The van der Waals surface area contributed by atoms with Crippen LogP contribution in [0.2, 0.25) is 0 Å². The number of benzene rings is 1. The largest absolute Gasteiger partial charge is 0.493 e. The Labute approximate surface area is 183 Å². The molecule has 3 aromatic rings. The van der Waals surface area contributed by atoms with Crippen LogP contribution in [0.3, 0.4) is 0 Å². The van der Waals surface area contributed by atoms with Crippen LogP contribution in [0.4, 0.5) is 5.82 Å². The first kappa shape index (κ1) is 20.7. The Kier molecular flexibility index (Phi) is 5.81. The van der Waals surface area contributed by atoms with Gasteiger partial charge in [0.1, 0.15) is 11.9 Å². The molecule has 0 aliphatic carbocycles. The molecule has 0 spiro atoms. The first-order valence-electron chi connectivity index (χ1n) is 9.67. The molecule has 1 unspecified atom stereocenters. The summed E-state index contributed by atoms with van der Waals surface area (Å²) in [5.41, 5.74) is 1.35. The predicted molar refractivity (Wildman–Crippen MR) is 117 cm³/mol. The highest BCUT2D eigenvalue weighted by Gasteiger charge is 2.32. The van der Waals surface area contributed by atoms with Gasteiger partial charge in [-0.1, -0.05) is 6.07 Å². The van der Waals surface area contributed by atoms with Crippen LogP contribution in [-0.4, -0.2) is 40.6 Å². The standard InChI is InChI=1S/C21H21N5O4S/c1-29-16-9-13-14(10-17(16)30-2)24-21(31)26-15(20(28)25-19(13)26)6-7-18(27)23-11-12-5-3-4-8-22-12/h3-5,8-10,15H,6-7,11H2,1-2H3,(H,23,27)(H,25,28). The maximum absolute atomic E-state index is 12.7. The molecule has 2 N–H and O–H groups in total. The Bertz CT molecular complexity index is 1210. The van der Waals surface area contributed by atoms with Gasteiger partial charge in [0.05, 0.1) is 32.0 Å². The number of anilines is 1. The molecule has 0 radical (unpaired) electrons. The number of ether oxygens (including phenoxy) is 2. The molecule has 1 atom stereocenters. The van der Waals surface area contributed by atoms with E-state index < -0.39 is 6.04 Å². The third-order valence-corrected chi connectivity index (χ3v) is 5.40. The fourth-order valence-corrected chi connectivity index (χ4v) is 3.89. The molecule has 10 heteroatoms. The van der Waals surface area contributed by atoms with Crippen molar-refractivity contribution in [2.75, 3.05) is 19.5 Å². The summed E-state index contributed by atoms with van der Waals surface area (Å²) in [5.74, 6) is 1.18. The van der Waals surface area contributed by atoms with Crippen LogP contribution in [0, 0.1) is 4.77 Å². The number of carbonyl (C=O) groups is 2. The summed E-state index contributed by atoms with van der Waals surface area (Å²) in [7, 11) is 3.08. The molecule has 0 bridgehead atoms. The van der Waals surface area contributed by atoms with Gasteiger partial charge in [-0.15, -0.1) is 0 Å². The van der Waals surface area contributed by atoms with Crippen molar-refractivity contribution < 1.29 is 19.1 Å². The molecule has 4 rings (SSSR count). The first-order valence-corrected chi connectivity index (χ1v) is 10.1. The Hall–Kier alpha value is -3.53. The van der Waals surface area contributed by atoms with Crippen molar-refractivity contribution in [2.24, 2.45) is 0 Å². The lowest BCUT2D eigenvalue weighted by molar-refractivity contribution is -0.122. The Morgan fingerprint density at radius 1 is 1.26 bits per heavy atom. The van der Waals surface area contributed by atoms with E-state index >= 15 is 0 Å². The van der Waals surface area contributed by atoms with Crippen molar-refractivity contribution in [3.8, 4) is 11.5 Å². The average Bonchev–Trinajstić information content (AvgIpc) is 3.13. The zero-order valence-corrected chi connectivity index (χ0v) is 17.9. The molecule has 2 aromatic heterocycles. The van der Waals surface area contributed by atoms with Crippen LogP contribution < -0.4 is 20.1 Å². The van der Waals surface area contributed by atoms with Crippen molar-refractivity contribution in [1.29, 1.82) is 0 Å². The monoisotopic (exact) mass is 439 g/mol. The number of carbonyl (C=O) groups excluding carboxylic acids is 2. The van der Waals surface area contributed by atoms with Gasteiger partial charge in [-0.25, -0.2) is 4.98 Å². The van der Waals surface area contributed by atoms with Gasteiger partial charge in [0.15, 0.2) is 11.5 Å². The van der Waals surface area contributed by atoms with E-state index in [1.165, 1.54) is 14.2 Å². The van der Waals surface area contributed by atoms with Gasteiger partial charge in [-0.3, -0.25) is 19.1 Å². The van der Waals surface area contributed by atoms with Crippen molar-refractivity contribution in [2.45, 2.75) is 25.4 Å². The first-order chi connectivity index (χ1) is 15.0. The van der Waals surface area contributed by atoms with E-state index in [9.17, 15) is 9.59 Å². The zero-order chi connectivity index (χ0) is 22.0. The van der Waals surface area contributed by atoms with Crippen molar-refractivity contribution in [3.63, 3.8) is 0 Å². The highest BCUT2D eigenvalue weighted by Crippen LogP contribution is 2.38. The van der Waals surface area contributed by atoms with Crippen LogP contribution in [0.25, 0.3) is 10.9 Å². The quantitative estimate of drug-likeness (QED) is 0.545. The summed E-state index contributed by atoms with van der Waals surface area (Å²) in [6.45, 7) is 0.334. The van der Waals surface area contributed by atoms with Gasteiger partial charge < -0.3 is 20.1 Å². The molecule has 9 nitrogen and oxygen atoms in total. The average molecular weight is 439 g/mol. The maximum Gasteiger partial charge on any atom is 0.248 e. The summed E-state index contributed by atoms with van der Waals surface area (Å²) in [6.07, 6.45) is 2.13. The number of hydrogen-bond donors (Lipinski definition) is 2. The molecule has 1 aliphatic rings. The smallest absolute Gasteiger partial charge is 0.248 e. The van der Waals surface area contributed by atoms with Crippen molar-refractivity contribution >= 4 is 40.8 Å². The molecular formula is C21H21N5O4S. The van der Waals surface area contributed by atoms with Crippen LogP contribution >= 0.6 is 12.2 Å². The molecule has 1 aromatic carbocycles. The number of fused-ring (bicyclic) bond motifs is 3. The number of amides is 2. The van der Waals surface area contributed by atoms with Gasteiger partial charge in [0, 0.05) is 24.1 Å². The van der Waals surface area contributed by atoms with E-state index in [0.29, 0.717) is 41.2 Å². The van der Waals surface area contributed by atoms with Gasteiger partial charge in [-0.2, -0.15) is 0 Å². The van der Waals surface area contributed by atoms with E-state index in [2.05, 4.69) is 20.6 Å². The summed E-state index contributed by atoms with van der Waals surface area (Å²) < 4.78 is 12.6. The third kappa shape index (κ3) is 4.06. The number of nitrogens with zero attached hydrogens (tertiary/aromatic N) is 3. The highest BCUT2D eigenvalue weighted by atomic mass is 32.1. The summed E-state index contributed by atoms with van der Waals surface area (Å²) >= 11 is 5.45. The van der Waals surface area contributed by atoms with Crippen LogP contribution in [0.15, 0.2) is 36.5 Å². The van der Waals surface area contributed by atoms with Crippen molar-refractivity contribution in [1.82, 2.24) is 19.9 Å². The minimum atomic E-state index is -0.618. The van der Waals surface area contributed by atoms with Gasteiger partial charge in [0.2, 0.25) is 16.6 Å². The molecule has 31 heavy (non-hydrogen) atoms. The minimum absolute atomic E-state index is 0.163. The lowest BCUT2D eigenvalue weighted by Gasteiger charge is -2.14. The number of methoxy groups -OCH3 is 2. The summed E-state index contributed by atoms with van der Waals surface area (Å²) in [6, 6.07) is 8.36. The van der Waals surface area contributed by atoms with Crippen molar-refractivity contribution in [3.05, 3.63) is 47.0 Å². The second-order valence-corrected chi connectivity index (χ2v) is 7.34. The summed E-state index contributed by atoms with van der Waals surface area (Å²) in [4.78, 5) is 33.6. The maximum atomic E-state index is 12.7. The number of pyridine rings is 1. The second-order valence-electron chi connectivity index (χ2n) is 6.98. The van der Waals surface area contributed by atoms with E-state index in [4.69, 9.17) is 21.7 Å². The third-order valence-electron chi connectivity index (χ3n) is 5.11. The fourth-order valence-electron chi connectivity index (χ4n) is 3.57. The van der Waals surface area contributed by atoms with Crippen LogP contribution in [0.5, 0.6) is 11.5 Å². The second kappa shape index (κ2) is 8.68. The molecule has 1 aliphatic heterocycles. The van der Waals surface area contributed by atoms with Crippen LogP contribution in [-0.2, 0) is 16.1 Å². The number of hydrogen-bond acceptors (Lipinski definition) is 7. The molecule has 0 fully saturated rings. The SMILES string of the molecule is COc1cc2nc(=S)n3c(c2cc1OC)NC(=O)C3CCC(=O)NCc1ccccn1. The normalized spacial score (nSPS) is 14.8. The van der Waals surface area contributed by atoms with Gasteiger partial charge in [-0.05, 0) is 36.8 Å². The van der Waals surface area contributed by atoms with E-state index in [0.717, 1.165) is 5.69 Å². The Morgan fingerprint density at radius 3 is 2.74 bits per heavy atom. The van der Waals surface area contributed by atoms with Gasteiger partial charge in [0.25, 0.3) is 0 Å². The van der Waals surface area contributed by atoms with Crippen LogP contribution in [0.1, 0.15) is 24.6 Å². The molecule has 3 heterocycles. The lowest BCUT2D eigenvalue weighted by Crippen LogP contribution is -2.25. The number of nitrogens with one attached hydrogen (secondary N) is 2. The van der Waals surface area contributed by atoms with E-state index in [1.807, 2.05) is 18.2 Å². The zero-order valence-electron chi connectivity index (χ0n) is 17.0. The van der Waals surface area contributed by atoms with E-state index in [1.54, 1.807) is 22.9 Å². The molecule has 2 amide bonds. The van der Waals surface area contributed by atoms with Gasteiger partial charge >= 0.3 is 0 Å².